The van der Waals surface area contributed by atoms with Crippen molar-refractivity contribution in [2.24, 2.45) is 0 Å². The van der Waals surface area contributed by atoms with Gasteiger partial charge in [0.2, 0.25) is 5.91 Å². The molecule has 134 valence electrons. The number of ether oxygens (including phenoxy) is 3. The van der Waals surface area contributed by atoms with Crippen molar-refractivity contribution in [1.82, 2.24) is 10.1 Å². The van der Waals surface area contributed by atoms with Gasteiger partial charge in [0, 0.05) is 19.2 Å². The molecule has 7 heteroatoms. The Kier molecular flexibility index (Phi) is 5.23. The summed E-state index contributed by atoms with van der Waals surface area (Å²) in [5.74, 6) is 1.90. The van der Waals surface area contributed by atoms with Crippen LogP contribution in [0, 0.1) is 0 Å². The fourth-order valence-corrected chi connectivity index (χ4v) is 2.71. The predicted molar refractivity (Wildman–Crippen MR) is 90.5 cm³/mol. The lowest BCUT2D eigenvalue weighted by molar-refractivity contribution is -0.136. The van der Waals surface area contributed by atoms with Crippen molar-refractivity contribution in [1.29, 1.82) is 0 Å². The number of hydrogen-bond donors (Lipinski definition) is 0. The van der Waals surface area contributed by atoms with Crippen LogP contribution in [0.3, 0.4) is 0 Å². The number of amides is 1. The number of rotatable bonds is 8. The maximum atomic E-state index is 12.2. The predicted octanol–water partition coefficient (Wildman–Crippen LogP) is 2.50. The molecule has 0 spiro atoms. The van der Waals surface area contributed by atoms with Crippen molar-refractivity contribution in [2.75, 3.05) is 27.9 Å². The number of benzene rings is 1. The van der Waals surface area contributed by atoms with Gasteiger partial charge in [-0.2, -0.15) is 0 Å². The first-order valence-electron chi connectivity index (χ1n) is 8.12. The maximum absolute atomic E-state index is 12.2. The molecular formula is C18H22N2O5. The van der Waals surface area contributed by atoms with Crippen LogP contribution in [0.15, 0.2) is 28.8 Å². The molecule has 1 aromatic heterocycles. The van der Waals surface area contributed by atoms with Crippen molar-refractivity contribution in [3.63, 3.8) is 0 Å². The highest BCUT2D eigenvalue weighted by atomic mass is 16.5. The molecule has 0 atom stereocenters. The lowest BCUT2D eigenvalue weighted by Gasteiger charge is -2.20. The molecule has 2 aromatic rings. The average Bonchev–Trinajstić information content (AvgIpc) is 3.37. The molecule has 1 amide bonds. The lowest BCUT2D eigenvalue weighted by Crippen LogP contribution is -2.35. The Hall–Kier alpha value is -2.54. The summed E-state index contributed by atoms with van der Waals surface area (Å²) in [6.07, 6.45) is 2.04. The third kappa shape index (κ3) is 3.93. The van der Waals surface area contributed by atoms with Gasteiger partial charge in [-0.05, 0) is 31.0 Å². The first kappa shape index (κ1) is 17.3. The summed E-state index contributed by atoms with van der Waals surface area (Å²) in [7, 11) is 4.72. The number of nitrogens with zero attached hydrogens (tertiary/aromatic N) is 2. The minimum atomic E-state index is -0.0338. The van der Waals surface area contributed by atoms with E-state index in [-0.39, 0.29) is 18.6 Å². The van der Waals surface area contributed by atoms with Crippen molar-refractivity contribution < 1.29 is 23.5 Å². The third-order valence-electron chi connectivity index (χ3n) is 4.14. The Bertz CT molecular complexity index is 739. The molecule has 1 aliphatic rings. The minimum absolute atomic E-state index is 0.0338. The van der Waals surface area contributed by atoms with Gasteiger partial charge >= 0.3 is 0 Å². The van der Waals surface area contributed by atoms with E-state index >= 15 is 0 Å². The zero-order chi connectivity index (χ0) is 17.8. The Morgan fingerprint density at radius 2 is 2.04 bits per heavy atom. The van der Waals surface area contributed by atoms with E-state index in [0.29, 0.717) is 29.5 Å². The molecule has 7 nitrogen and oxygen atoms in total. The number of aromatic nitrogens is 1. The molecule has 1 aliphatic carbocycles. The van der Waals surface area contributed by atoms with E-state index in [4.69, 9.17) is 18.7 Å². The van der Waals surface area contributed by atoms with E-state index < -0.39 is 0 Å². The zero-order valence-corrected chi connectivity index (χ0v) is 14.7. The van der Waals surface area contributed by atoms with Crippen LogP contribution in [0.2, 0.25) is 0 Å². The summed E-state index contributed by atoms with van der Waals surface area (Å²) >= 11 is 0. The van der Waals surface area contributed by atoms with Crippen molar-refractivity contribution >= 4 is 5.91 Å². The lowest BCUT2D eigenvalue weighted by atomic mass is 10.1. The second kappa shape index (κ2) is 7.57. The molecule has 0 unspecified atom stereocenters. The quantitative estimate of drug-likeness (QED) is 0.731. The highest BCUT2D eigenvalue weighted by Gasteiger charge is 2.33. The third-order valence-corrected chi connectivity index (χ3v) is 4.14. The zero-order valence-electron chi connectivity index (χ0n) is 14.7. The Morgan fingerprint density at radius 1 is 1.24 bits per heavy atom. The van der Waals surface area contributed by atoms with Gasteiger partial charge in [0.1, 0.15) is 23.8 Å². The molecule has 3 rings (SSSR count). The summed E-state index contributed by atoms with van der Waals surface area (Å²) in [5, 5.41) is 4.11. The molecule has 25 heavy (non-hydrogen) atoms. The summed E-state index contributed by atoms with van der Waals surface area (Å²) in [5.41, 5.74) is 1.44. The van der Waals surface area contributed by atoms with E-state index in [1.54, 1.807) is 19.1 Å². The van der Waals surface area contributed by atoms with Crippen LogP contribution in [0.4, 0.5) is 0 Å². The monoisotopic (exact) mass is 346 g/mol. The van der Waals surface area contributed by atoms with E-state index in [9.17, 15) is 4.79 Å². The van der Waals surface area contributed by atoms with Crippen molar-refractivity contribution in [2.45, 2.75) is 25.4 Å². The summed E-state index contributed by atoms with van der Waals surface area (Å²) in [6.45, 7) is 0.480. The molecule has 0 aliphatic heterocycles. The van der Waals surface area contributed by atoms with Gasteiger partial charge in [0.15, 0.2) is 5.76 Å². The van der Waals surface area contributed by atoms with Crippen LogP contribution in [0.1, 0.15) is 18.5 Å². The second-order valence-corrected chi connectivity index (χ2v) is 5.93. The van der Waals surface area contributed by atoms with Crippen LogP contribution in [-0.4, -0.2) is 49.9 Å². The Morgan fingerprint density at radius 3 is 2.68 bits per heavy atom. The Balaban J connectivity index is 1.81. The molecule has 1 aromatic carbocycles. The van der Waals surface area contributed by atoms with Crippen LogP contribution in [-0.2, 0) is 16.1 Å². The highest BCUT2D eigenvalue weighted by Crippen LogP contribution is 2.34. The van der Waals surface area contributed by atoms with Crippen molar-refractivity contribution in [3.05, 3.63) is 30.0 Å². The highest BCUT2D eigenvalue weighted by molar-refractivity contribution is 5.78. The fraction of sp³-hybridized carbons (Fsp3) is 0.444. The molecule has 1 heterocycles. The molecular weight excluding hydrogens is 324 g/mol. The molecule has 0 radical (unpaired) electrons. The first-order chi connectivity index (χ1) is 12.2. The van der Waals surface area contributed by atoms with Crippen molar-refractivity contribution in [3.8, 4) is 22.8 Å². The largest absolute Gasteiger partial charge is 0.497 e. The van der Waals surface area contributed by atoms with Crippen LogP contribution in [0.5, 0.6) is 11.5 Å². The second-order valence-electron chi connectivity index (χ2n) is 5.93. The fourth-order valence-electron chi connectivity index (χ4n) is 2.71. The summed E-state index contributed by atoms with van der Waals surface area (Å²) in [4.78, 5) is 14.0. The first-order valence-corrected chi connectivity index (χ1v) is 8.12. The van der Waals surface area contributed by atoms with E-state index in [1.807, 2.05) is 24.3 Å². The average molecular weight is 346 g/mol. The summed E-state index contributed by atoms with van der Waals surface area (Å²) < 4.78 is 21.1. The number of methoxy groups -OCH3 is 3. The van der Waals surface area contributed by atoms with Gasteiger partial charge in [-0.3, -0.25) is 4.79 Å². The van der Waals surface area contributed by atoms with Crippen LogP contribution < -0.4 is 9.47 Å². The van der Waals surface area contributed by atoms with Crippen LogP contribution >= 0.6 is 0 Å². The molecule has 0 N–H and O–H groups in total. The number of carbonyl (C=O) groups excluding carboxylic acids is 1. The molecule has 1 fully saturated rings. The van der Waals surface area contributed by atoms with Gasteiger partial charge in [-0.25, -0.2) is 0 Å². The Labute approximate surface area is 146 Å². The van der Waals surface area contributed by atoms with E-state index in [1.165, 1.54) is 7.11 Å². The number of carbonyl (C=O) groups is 1. The maximum Gasteiger partial charge on any atom is 0.249 e. The normalized spacial score (nSPS) is 13.6. The molecule has 0 saturated heterocycles. The van der Waals surface area contributed by atoms with Gasteiger partial charge in [0.25, 0.3) is 0 Å². The molecule has 1 saturated carbocycles. The smallest absolute Gasteiger partial charge is 0.249 e. The van der Waals surface area contributed by atoms with Crippen LogP contribution in [0.25, 0.3) is 11.3 Å². The topological polar surface area (TPSA) is 74.0 Å². The summed E-state index contributed by atoms with van der Waals surface area (Å²) in [6, 6.07) is 7.56. The minimum Gasteiger partial charge on any atom is -0.497 e. The van der Waals surface area contributed by atoms with Gasteiger partial charge < -0.3 is 23.6 Å². The molecule has 0 bridgehead atoms. The SMILES string of the molecule is COCC(=O)N(Cc1cc(-c2cc(OC)ccc2OC)on1)C1CC1. The van der Waals surface area contributed by atoms with Gasteiger partial charge in [0.05, 0.1) is 26.3 Å². The van der Waals surface area contributed by atoms with E-state index in [0.717, 1.165) is 18.4 Å². The van der Waals surface area contributed by atoms with E-state index in [2.05, 4.69) is 5.16 Å². The van der Waals surface area contributed by atoms with Gasteiger partial charge in [-0.15, -0.1) is 0 Å². The number of hydrogen-bond acceptors (Lipinski definition) is 6. The standard InChI is InChI=1S/C18H22N2O5/c1-22-11-18(21)20(13-4-5-13)10-12-8-17(25-19-12)15-9-14(23-2)6-7-16(15)24-3/h6-9,13H,4-5,10-11H2,1-3H3. The van der Waals surface area contributed by atoms with Gasteiger partial charge in [-0.1, -0.05) is 5.16 Å².